The number of aryl methyl sites for hydroxylation is 3. The number of carbonyl (C=O) groups is 1. The molecule has 28 heavy (non-hydrogen) atoms. The van der Waals surface area contributed by atoms with Gasteiger partial charge in [0.05, 0.1) is 5.69 Å². The predicted octanol–water partition coefficient (Wildman–Crippen LogP) is 4.20. The molecule has 1 aliphatic rings. The van der Waals surface area contributed by atoms with E-state index in [0.29, 0.717) is 18.1 Å². The van der Waals surface area contributed by atoms with E-state index in [1.807, 2.05) is 44.7 Å². The molecule has 3 rings (SSSR count). The lowest BCUT2D eigenvalue weighted by Gasteiger charge is -2.29. The molecule has 2 aromatic carbocycles. The summed E-state index contributed by atoms with van der Waals surface area (Å²) in [5.74, 6) is 0.0961. The average molecular weight is 400 g/mol. The molecule has 0 aromatic heterocycles. The van der Waals surface area contributed by atoms with Crippen LogP contribution >= 0.6 is 0 Å². The van der Waals surface area contributed by atoms with Crippen molar-refractivity contribution in [2.24, 2.45) is 4.40 Å². The minimum Gasteiger partial charge on any atom is -0.328 e. The number of rotatable bonds is 4. The molecule has 1 amide bonds. The van der Waals surface area contributed by atoms with Gasteiger partial charge >= 0.3 is 0 Å². The van der Waals surface area contributed by atoms with E-state index < -0.39 is 10.0 Å². The number of hydrogen-bond donors (Lipinski definition) is 1. The Kier molecular flexibility index (Phi) is 5.30. The van der Waals surface area contributed by atoms with E-state index in [0.717, 1.165) is 28.8 Å². The highest BCUT2D eigenvalue weighted by atomic mass is 32.2. The summed E-state index contributed by atoms with van der Waals surface area (Å²) < 4.78 is 29.0. The molecular weight excluding hydrogens is 374 g/mol. The van der Waals surface area contributed by atoms with Crippen molar-refractivity contribution in [1.29, 1.82) is 0 Å². The third-order valence-corrected chi connectivity index (χ3v) is 6.18. The average Bonchev–Trinajstić information content (AvgIpc) is 2.60. The minimum atomic E-state index is -3.83. The first kappa shape index (κ1) is 20.1. The van der Waals surface area contributed by atoms with E-state index in [4.69, 9.17) is 0 Å². The van der Waals surface area contributed by atoms with Crippen molar-refractivity contribution in [3.8, 4) is 0 Å². The highest BCUT2D eigenvalue weighted by Gasteiger charge is 2.29. The maximum atomic E-state index is 12.8. The molecule has 0 saturated heterocycles. The van der Waals surface area contributed by atoms with Crippen LogP contribution in [-0.4, -0.2) is 26.7 Å². The number of sulfonamides is 1. The molecule has 0 aliphatic carbocycles. The maximum absolute atomic E-state index is 12.8. The molecule has 0 fully saturated rings. The zero-order valence-electron chi connectivity index (χ0n) is 16.8. The second kappa shape index (κ2) is 7.39. The first-order valence-corrected chi connectivity index (χ1v) is 10.7. The van der Waals surface area contributed by atoms with Crippen LogP contribution in [0.5, 0.6) is 0 Å². The highest BCUT2D eigenvalue weighted by molar-refractivity contribution is 7.90. The summed E-state index contributed by atoms with van der Waals surface area (Å²) >= 11 is 0. The zero-order chi connectivity index (χ0) is 20.6. The molecular formula is C21H25N3O3S. The molecule has 0 radical (unpaired) electrons. The van der Waals surface area contributed by atoms with Gasteiger partial charge in [0, 0.05) is 17.8 Å². The van der Waals surface area contributed by atoms with Crippen molar-refractivity contribution < 1.29 is 13.2 Å². The number of nitrogens with one attached hydrogen (secondary N) is 1. The number of anilines is 2. The van der Waals surface area contributed by atoms with Crippen LogP contribution in [0.2, 0.25) is 0 Å². The van der Waals surface area contributed by atoms with E-state index in [2.05, 4.69) is 9.71 Å². The van der Waals surface area contributed by atoms with E-state index in [9.17, 15) is 13.2 Å². The van der Waals surface area contributed by atoms with Crippen LogP contribution in [0.4, 0.5) is 11.4 Å². The summed E-state index contributed by atoms with van der Waals surface area (Å²) in [4.78, 5) is 14.8. The quantitative estimate of drug-likeness (QED) is 0.836. The van der Waals surface area contributed by atoms with Crippen LogP contribution in [0.1, 0.15) is 47.3 Å². The van der Waals surface area contributed by atoms with Crippen molar-refractivity contribution in [2.75, 3.05) is 16.8 Å². The van der Waals surface area contributed by atoms with Gasteiger partial charge in [-0.3, -0.25) is 4.79 Å². The molecule has 1 aliphatic heterocycles. The summed E-state index contributed by atoms with van der Waals surface area (Å²) in [7, 11) is -3.83. The predicted molar refractivity (Wildman–Crippen MR) is 113 cm³/mol. The van der Waals surface area contributed by atoms with Gasteiger partial charge in [-0.15, -0.1) is 4.40 Å². The third-order valence-electron chi connectivity index (χ3n) is 4.80. The van der Waals surface area contributed by atoms with Crippen LogP contribution in [-0.2, 0) is 10.0 Å². The minimum absolute atomic E-state index is 0.0663. The van der Waals surface area contributed by atoms with Crippen molar-refractivity contribution >= 4 is 33.1 Å². The SMILES string of the molecule is CCCN1C(C)=NS(=O)(=O)c2cc(C(=O)Nc3c(C)cc(C)cc3C)ccc21. The second-order valence-corrected chi connectivity index (χ2v) is 8.75. The number of amidine groups is 1. The molecule has 6 nitrogen and oxygen atoms in total. The van der Waals surface area contributed by atoms with E-state index >= 15 is 0 Å². The number of hydrogen-bond acceptors (Lipinski definition) is 4. The molecule has 7 heteroatoms. The first-order valence-electron chi connectivity index (χ1n) is 9.26. The van der Waals surface area contributed by atoms with Crippen molar-refractivity contribution in [2.45, 2.75) is 45.9 Å². The summed E-state index contributed by atoms with van der Waals surface area (Å²) in [6.07, 6.45) is 0.848. The summed E-state index contributed by atoms with van der Waals surface area (Å²) in [5.41, 5.74) is 4.65. The molecule has 1 heterocycles. The largest absolute Gasteiger partial charge is 0.328 e. The van der Waals surface area contributed by atoms with Crippen LogP contribution in [0.25, 0.3) is 0 Å². The number of carbonyl (C=O) groups excluding carboxylic acids is 1. The monoisotopic (exact) mass is 399 g/mol. The Morgan fingerprint density at radius 2 is 1.71 bits per heavy atom. The van der Waals surface area contributed by atoms with Crippen molar-refractivity contribution in [1.82, 2.24) is 0 Å². The number of fused-ring (bicyclic) bond motifs is 1. The van der Waals surface area contributed by atoms with Crippen LogP contribution in [0, 0.1) is 20.8 Å². The van der Waals surface area contributed by atoms with E-state index in [1.165, 1.54) is 6.07 Å². The standard InChI is InChI=1S/C21H25N3O3S/c1-6-9-24-16(5)23-28(26,27)19-12-17(7-8-18(19)24)21(25)22-20-14(3)10-13(2)11-15(20)4/h7-8,10-12H,6,9H2,1-5H3,(H,22,25). The Bertz CT molecular complexity index is 1070. The Morgan fingerprint density at radius 1 is 1.07 bits per heavy atom. The lowest BCUT2D eigenvalue weighted by atomic mass is 10.0. The topological polar surface area (TPSA) is 78.8 Å². The summed E-state index contributed by atoms with van der Waals surface area (Å²) in [6.45, 7) is 10.2. The fourth-order valence-electron chi connectivity index (χ4n) is 3.60. The van der Waals surface area contributed by atoms with Gasteiger partial charge in [0.2, 0.25) is 0 Å². The number of amides is 1. The summed E-state index contributed by atoms with van der Waals surface area (Å²) in [5, 5.41) is 2.92. The van der Waals surface area contributed by atoms with Gasteiger partial charge < -0.3 is 10.2 Å². The lowest BCUT2D eigenvalue weighted by molar-refractivity contribution is 0.102. The normalized spacial score (nSPS) is 15.0. The fraction of sp³-hybridized carbons (Fsp3) is 0.333. The van der Waals surface area contributed by atoms with Crippen LogP contribution in [0.15, 0.2) is 39.6 Å². The lowest BCUT2D eigenvalue weighted by Crippen LogP contribution is -2.34. The van der Waals surface area contributed by atoms with Crippen molar-refractivity contribution in [3.63, 3.8) is 0 Å². The van der Waals surface area contributed by atoms with Gasteiger partial charge in [-0.05, 0) is 63.4 Å². The summed E-state index contributed by atoms with van der Waals surface area (Å²) in [6, 6.07) is 8.76. The van der Waals surface area contributed by atoms with Gasteiger partial charge in [0.15, 0.2) is 0 Å². The van der Waals surface area contributed by atoms with Crippen LogP contribution in [0.3, 0.4) is 0 Å². The molecule has 0 spiro atoms. The van der Waals surface area contributed by atoms with Gasteiger partial charge in [0.25, 0.3) is 15.9 Å². The maximum Gasteiger partial charge on any atom is 0.286 e. The number of benzene rings is 2. The molecule has 2 aromatic rings. The van der Waals surface area contributed by atoms with Crippen molar-refractivity contribution in [3.05, 3.63) is 52.6 Å². The van der Waals surface area contributed by atoms with Gasteiger partial charge in [0.1, 0.15) is 10.7 Å². The molecule has 1 N–H and O–H groups in total. The Morgan fingerprint density at radius 3 is 2.32 bits per heavy atom. The van der Waals surface area contributed by atoms with Gasteiger partial charge in [-0.1, -0.05) is 24.6 Å². The van der Waals surface area contributed by atoms with E-state index in [1.54, 1.807) is 19.1 Å². The smallest absolute Gasteiger partial charge is 0.286 e. The van der Waals surface area contributed by atoms with E-state index in [-0.39, 0.29) is 16.4 Å². The molecule has 0 bridgehead atoms. The van der Waals surface area contributed by atoms with Gasteiger partial charge in [-0.25, -0.2) is 0 Å². The molecule has 148 valence electrons. The molecule has 0 saturated carbocycles. The Balaban J connectivity index is 2.00. The first-order chi connectivity index (χ1) is 13.1. The fourth-order valence-corrected chi connectivity index (χ4v) is 4.86. The zero-order valence-corrected chi connectivity index (χ0v) is 17.6. The Hall–Kier alpha value is -2.67. The third kappa shape index (κ3) is 3.67. The Labute approximate surface area is 166 Å². The second-order valence-electron chi connectivity index (χ2n) is 7.18. The van der Waals surface area contributed by atoms with Crippen LogP contribution < -0.4 is 10.2 Å². The molecule has 0 atom stereocenters. The van der Waals surface area contributed by atoms with Gasteiger partial charge in [-0.2, -0.15) is 8.42 Å². The molecule has 0 unspecified atom stereocenters. The highest BCUT2D eigenvalue weighted by Crippen LogP contribution is 2.33. The number of nitrogens with zero attached hydrogens (tertiary/aromatic N) is 2.